The van der Waals surface area contributed by atoms with E-state index in [0.29, 0.717) is 5.92 Å². The lowest BCUT2D eigenvalue weighted by atomic mass is 9.97. The SMILES string of the molecule is COc1ccc([C@@H](CC(C)C)NC(=O)CN(C)S(=O)(=O)c2ccc(SC)cc2)cc1. The van der Waals surface area contributed by atoms with Gasteiger partial charge in [-0.3, -0.25) is 4.79 Å². The van der Waals surface area contributed by atoms with Crippen molar-refractivity contribution in [3.05, 3.63) is 54.1 Å². The Bertz CT molecular complexity index is 927. The molecule has 1 N–H and O–H groups in total. The number of likely N-dealkylation sites (N-methyl/N-ethyl adjacent to an activating group) is 1. The molecule has 0 saturated carbocycles. The molecular weight excluding hydrogens is 420 g/mol. The van der Waals surface area contributed by atoms with Crippen LogP contribution in [0.25, 0.3) is 0 Å². The van der Waals surface area contributed by atoms with Gasteiger partial charge in [-0.05, 0) is 60.6 Å². The second-order valence-corrected chi connectivity index (χ2v) is 10.4. The average molecular weight is 451 g/mol. The summed E-state index contributed by atoms with van der Waals surface area (Å²) in [5.41, 5.74) is 0.955. The maximum atomic E-state index is 12.8. The summed E-state index contributed by atoms with van der Waals surface area (Å²) < 4.78 is 31.9. The highest BCUT2D eigenvalue weighted by Gasteiger charge is 2.24. The van der Waals surface area contributed by atoms with Crippen molar-refractivity contribution in [2.75, 3.05) is 27.0 Å². The predicted octanol–water partition coefficient (Wildman–Crippen LogP) is 3.94. The van der Waals surface area contributed by atoms with Gasteiger partial charge in [-0.25, -0.2) is 8.42 Å². The highest BCUT2D eigenvalue weighted by Crippen LogP contribution is 2.24. The van der Waals surface area contributed by atoms with Crippen molar-refractivity contribution in [1.29, 1.82) is 0 Å². The highest BCUT2D eigenvalue weighted by molar-refractivity contribution is 7.98. The number of nitrogens with zero attached hydrogens (tertiary/aromatic N) is 1. The number of rotatable bonds is 10. The first kappa shape index (κ1) is 24.2. The molecule has 0 spiro atoms. The van der Waals surface area contributed by atoms with E-state index in [4.69, 9.17) is 4.74 Å². The number of ether oxygens (including phenoxy) is 1. The highest BCUT2D eigenvalue weighted by atomic mass is 32.2. The van der Waals surface area contributed by atoms with Gasteiger partial charge in [-0.2, -0.15) is 4.31 Å². The molecule has 0 aliphatic heterocycles. The fourth-order valence-electron chi connectivity index (χ4n) is 3.04. The first-order valence-electron chi connectivity index (χ1n) is 9.71. The Hall–Kier alpha value is -2.03. The van der Waals surface area contributed by atoms with E-state index in [2.05, 4.69) is 19.2 Å². The van der Waals surface area contributed by atoms with Gasteiger partial charge in [0.2, 0.25) is 15.9 Å². The van der Waals surface area contributed by atoms with Gasteiger partial charge in [0.05, 0.1) is 24.6 Å². The van der Waals surface area contributed by atoms with Crippen LogP contribution in [0.5, 0.6) is 5.75 Å². The fraction of sp³-hybridized carbons (Fsp3) is 0.409. The van der Waals surface area contributed by atoms with Crippen molar-refractivity contribution in [2.24, 2.45) is 5.92 Å². The molecule has 8 heteroatoms. The molecule has 0 saturated heterocycles. The molecule has 2 rings (SSSR count). The molecule has 6 nitrogen and oxygen atoms in total. The van der Waals surface area contributed by atoms with Crippen LogP contribution < -0.4 is 10.1 Å². The Morgan fingerprint density at radius 1 is 1.10 bits per heavy atom. The molecule has 0 radical (unpaired) electrons. The molecule has 0 fully saturated rings. The first-order valence-corrected chi connectivity index (χ1v) is 12.4. The lowest BCUT2D eigenvalue weighted by Gasteiger charge is -2.23. The third-order valence-electron chi connectivity index (χ3n) is 4.69. The van der Waals surface area contributed by atoms with Crippen molar-refractivity contribution < 1.29 is 17.9 Å². The van der Waals surface area contributed by atoms with E-state index in [1.807, 2.05) is 30.5 Å². The van der Waals surface area contributed by atoms with Crippen molar-refractivity contribution in [3.8, 4) is 5.75 Å². The molecule has 0 unspecified atom stereocenters. The number of sulfonamides is 1. The van der Waals surface area contributed by atoms with Crippen molar-refractivity contribution in [2.45, 2.75) is 36.1 Å². The molecule has 1 amide bonds. The van der Waals surface area contributed by atoms with E-state index < -0.39 is 10.0 Å². The van der Waals surface area contributed by atoms with Crippen molar-refractivity contribution in [3.63, 3.8) is 0 Å². The van der Waals surface area contributed by atoms with Gasteiger partial charge in [0.1, 0.15) is 5.75 Å². The monoisotopic (exact) mass is 450 g/mol. The number of hydrogen-bond acceptors (Lipinski definition) is 5. The number of benzene rings is 2. The quantitative estimate of drug-likeness (QED) is 0.555. The van der Waals surface area contributed by atoms with Crippen molar-refractivity contribution >= 4 is 27.7 Å². The van der Waals surface area contributed by atoms with Gasteiger partial charge < -0.3 is 10.1 Å². The topological polar surface area (TPSA) is 75.7 Å². The Labute approximate surface area is 184 Å². The number of carbonyl (C=O) groups is 1. The molecule has 30 heavy (non-hydrogen) atoms. The van der Waals surface area contributed by atoms with E-state index in [1.165, 1.54) is 18.8 Å². The number of amides is 1. The molecular formula is C22H30N2O4S2. The normalized spacial score (nSPS) is 12.8. The third-order valence-corrected chi connectivity index (χ3v) is 7.26. The summed E-state index contributed by atoms with van der Waals surface area (Å²) in [6.45, 7) is 3.91. The first-order chi connectivity index (χ1) is 14.2. The summed E-state index contributed by atoms with van der Waals surface area (Å²) in [5.74, 6) is 0.754. The molecule has 1 atom stereocenters. The minimum Gasteiger partial charge on any atom is -0.497 e. The van der Waals surface area contributed by atoms with Crippen LogP contribution in [0.15, 0.2) is 58.3 Å². The summed E-state index contributed by atoms with van der Waals surface area (Å²) in [6, 6.07) is 14.0. The van der Waals surface area contributed by atoms with Crippen LogP contribution in [-0.2, 0) is 14.8 Å². The second kappa shape index (κ2) is 10.8. The largest absolute Gasteiger partial charge is 0.497 e. The Balaban J connectivity index is 2.10. The summed E-state index contributed by atoms with van der Waals surface area (Å²) in [5, 5.41) is 2.99. The van der Waals surface area contributed by atoms with Crippen LogP contribution in [-0.4, -0.2) is 45.6 Å². The smallest absolute Gasteiger partial charge is 0.243 e. The van der Waals surface area contributed by atoms with Gasteiger partial charge in [-0.15, -0.1) is 11.8 Å². The summed E-state index contributed by atoms with van der Waals surface area (Å²) in [7, 11) is -0.721. The second-order valence-electron chi connectivity index (χ2n) is 7.46. The Kier molecular flexibility index (Phi) is 8.76. The van der Waals surface area contributed by atoms with Crippen LogP contribution in [0, 0.1) is 5.92 Å². The molecule has 0 aromatic heterocycles. The summed E-state index contributed by atoms with van der Waals surface area (Å²) in [6.07, 6.45) is 2.67. The lowest BCUT2D eigenvalue weighted by Crippen LogP contribution is -2.40. The predicted molar refractivity (Wildman–Crippen MR) is 121 cm³/mol. The molecule has 2 aromatic rings. The van der Waals surface area contributed by atoms with Gasteiger partial charge in [0.25, 0.3) is 0 Å². The minimum atomic E-state index is -3.74. The maximum absolute atomic E-state index is 12.8. The van der Waals surface area contributed by atoms with Crippen LogP contribution in [0.2, 0.25) is 0 Å². The van der Waals surface area contributed by atoms with Crippen LogP contribution in [0.1, 0.15) is 31.9 Å². The van der Waals surface area contributed by atoms with Crippen LogP contribution in [0.4, 0.5) is 0 Å². The Morgan fingerprint density at radius 2 is 1.70 bits per heavy atom. The molecule has 0 heterocycles. The van der Waals surface area contributed by atoms with Gasteiger partial charge in [0.15, 0.2) is 0 Å². The molecule has 0 bridgehead atoms. The zero-order valence-electron chi connectivity index (χ0n) is 18.1. The van der Waals surface area contributed by atoms with E-state index in [0.717, 1.165) is 26.9 Å². The van der Waals surface area contributed by atoms with Gasteiger partial charge in [0, 0.05) is 11.9 Å². The minimum absolute atomic E-state index is 0.171. The third kappa shape index (κ3) is 6.48. The molecule has 0 aliphatic carbocycles. The standard InChI is InChI=1S/C22H30N2O4S2/c1-16(2)14-21(17-6-8-18(28-4)9-7-17)23-22(25)15-24(3)30(26,27)20-12-10-19(29-5)11-13-20/h6-13,16,21H,14-15H2,1-5H3,(H,23,25)/t21-/m1/s1. The van der Waals surface area contributed by atoms with E-state index >= 15 is 0 Å². The Morgan fingerprint density at radius 3 is 2.20 bits per heavy atom. The lowest BCUT2D eigenvalue weighted by molar-refractivity contribution is -0.122. The number of thioether (sulfide) groups is 1. The number of nitrogens with one attached hydrogen (secondary N) is 1. The van der Waals surface area contributed by atoms with Crippen LogP contribution >= 0.6 is 11.8 Å². The van der Waals surface area contributed by atoms with Crippen LogP contribution in [0.3, 0.4) is 0 Å². The molecule has 164 valence electrons. The van der Waals surface area contributed by atoms with E-state index in [-0.39, 0.29) is 23.4 Å². The average Bonchev–Trinajstić information content (AvgIpc) is 2.73. The maximum Gasteiger partial charge on any atom is 0.243 e. The fourth-order valence-corrected chi connectivity index (χ4v) is 4.58. The van der Waals surface area contributed by atoms with Gasteiger partial charge >= 0.3 is 0 Å². The van der Waals surface area contributed by atoms with E-state index in [1.54, 1.807) is 31.4 Å². The van der Waals surface area contributed by atoms with Gasteiger partial charge in [-0.1, -0.05) is 26.0 Å². The number of hydrogen-bond donors (Lipinski definition) is 1. The summed E-state index contributed by atoms with van der Waals surface area (Å²) >= 11 is 1.54. The van der Waals surface area contributed by atoms with E-state index in [9.17, 15) is 13.2 Å². The zero-order chi connectivity index (χ0) is 22.3. The zero-order valence-corrected chi connectivity index (χ0v) is 19.7. The molecule has 2 aromatic carbocycles. The molecule has 0 aliphatic rings. The number of carbonyl (C=O) groups excluding carboxylic acids is 1. The summed E-state index contributed by atoms with van der Waals surface area (Å²) in [4.78, 5) is 13.8. The van der Waals surface area contributed by atoms with Crippen molar-refractivity contribution in [1.82, 2.24) is 9.62 Å². The number of methoxy groups -OCH3 is 1.